The van der Waals surface area contributed by atoms with Crippen molar-refractivity contribution in [3.8, 4) is 22.3 Å². The van der Waals surface area contributed by atoms with Crippen molar-refractivity contribution in [3.05, 3.63) is 72.5 Å². The largest absolute Gasteiger partial charge is 0.378 e. The van der Waals surface area contributed by atoms with Crippen LogP contribution in [0.4, 0.5) is 11.5 Å². The Kier molecular flexibility index (Phi) is 6.63. The summed E-state index contributed by atoms with van der Waals surface area (Å²) in [6, 6.07) is 12.1. The van der Waals surface area contributed by atoms with E-state index >= 15 is 0 Å². The molecule has 1 fully saturated rings. The lowest BCUT2D eigenvalue weighted by atomic mass is 9.93. The van der Waals surface area contributed by atoms with Gasteiger partial charge in [0.25, 0.3) is 0 Å². The summed E-state index contributed by atoms with van der Waals surface area (Å²) < 4.78 is 14.8. The van der Waals surface area contributed by atoms with E-state index in [0.29, 0.717) is 19.0 Å². The van der Waals surface area contributed by atoms with Gasteiger partial charge in [-0.15, -0.1) is 0 Å². The van der Waals surface area contributed by atoms with Crippen molar-refractivity contribution in [2.75, 3.05) is 36.5 Å². The molecule has 1 amide bonds. The zero-order valence-corrected chi connectivity index (χ0v) is 23.2. The molecule has 1 saturated heterocycles. The molecular formula is C30H33N7O3. The highest BCUT2D eigenvalue weighted by Gasteiger charge is 2.22. The van der Waals surface area contributed by atoms with Gasteiger partial charge in [0.1, 0.15) is 5.76 Å². The van der Waals surface area contributed by atoms with Gasteiger partial charge in [0, 0.05) is 60.7 Å². The normalized spacial score (nSPS) is 14.2. The van der Waals surface area contributed by atoms with E-state index < -0.39 is 0 Å². The Labute approximate surface area is 232 Å². The minimum Gasteiger partial charge on any atom is -0.378 e. The van der Waals surface area contributed by atoms with Gasteiger partial charge >= 0.3 is 0 Å². The Morgan fingerprint density at radius 2 is 1.75 bits per heavy atom. The van der Waals surface area contributed by atoms with E-state index in [-0.39, 0.29) is 17.7 Å². The number of anilines is 2. The molecule has 0 atom stereocenters. The van der Waals surface area contributed by atoms with Crippen LogP contribution in [0, 0.1) is 0 Å². The molecule has 0 spiro atoms. The summed E-state index contributed by atoms with van der Waals surface area (Å²) in [5.41, 5.74) is 7.06. The third-order valence-electron chi connectivity index (χ3n) is 7.13. The second kappa shape index (κ2) is 10.3. The van der Waals surface area contributed by atoms with Gasteiger partial charge in [-0.3, -0.25) is 9.48 Å². The average molecular weight is 540 g/mol. The van der Waals surface area contributed by atoms with E-state index in [4.69, 9.17) is 14.4 Å². The van der Waals surface area contributed by atoms with E-state index in [9.17, 15) is 4.79 Å². The smallest absolute Gasteiger partial charge is 0.230 e. The number of benzene rings is 1. The Balaban J connectivity index is 1.26. The third-order valence-corrected chi connectivity index (χ3v) is 7.13. The standard InChI is InChI=1S/C30H33N7O3/c1-30(2,3)26-15-27(34-40-26)33-28(38)13-20-5-7-21(8-6-20)24-17-32-37-19-22(23-16-31-35(4)18-23)14-25(29(24)37)36-9-11-39-12-10-36/h5-8,14-19H,9-13H2,1-4H3,(H,33,34,38). The van der Waals surface area contributed by atoms with Gasteiger partial charge in [0.2, 0.25) is 5.91 Å². The summed E-state index contributed by atoms with van der Waals surface area (Å²) in [4.78, 5) is 15.0. The molecule has 4 aromatic heterocycles. The number of aryl methyl sites for hydroxylation is 1. The van der Waals surface area contributed by atoms with E-state index in [1.165, 1.54) is 0 Å². The molecule has 6 rings (SSSR count). The first-order chi connectivity index (χ1) is 19.2. The van der Waals surface area contributed by atoms with Crippen molar-refractivity contribution in [3.63, 3.8) is 0 Å². The number of pyridine rings is 1. The van der Waals surface area contributed by atoms with Gasteiger partial charge < -0.3 is 19.5 Å². The highest BCUT2D eigenvalue weighted by molar-refractivity contribution is 5.93. The molecule has 1 aliphatic heterocycles. The molecule has 206 valence electrons. The Bertz CT molecular complexity index is 1650. The molecule has 5 heterocycles. The maximum Gasteiger partial charge on any atom is 0.230 e. The summed E-state index contributed by atoms with van der Waals surface area (Å²) in [6.45, 7) is 9.11. The van der Waals surface area contributed by atoms with Gasteiger partial charge in [0.05, 0.1) is 43.2 Å². The number of ether oxygens (including phenoxy) is 1. The number of fused-ring (bicyclic) bond motifs is 1. The predicted molar refractivity (Wildman–Crippen MR) is 153 cm³/mol. The lowest BCUT2D eigenvalue weighted by Crippen LogP contribution is -2.36. The number of amides is 1. The maximum absolute atomic E-state index is 12.7. The number of nitrogens with zero attached hydrogens (tertiary/aromatic N) is 6. The first-order valence-corrected chi connectivity index (χ1v) is 13.4. The molecule has 5 aromatic rings. The van der Waals surface area contributed by atoms with Gasteiger partial charge in [0.15, 0.2) is 5.82 Å². The van der Waals surface area contributed by atoms with Crippen LogP contribution in [0.1, 0.15) is 32.1 Å². The monoisotopic (exact) mass is 539 g/mol. The van der Waals surface area contributed by atoms with Crippen LogP contribution in [-0.4, -0.2) is 56.8 Å². The molecular weight excluding hydrogens is 506 g/mol. The highest BCUT2D eigenvalue weighted by atomic mass is 16.5. The Morgan fingerprint density at radius 1 is 0.975 bits per heavy atom. The van der Waals surface area contributed by atoms with Crippen LogP contribution in [0.2, 0.25) is 0 Å². The van der Waals surface area contributed by atoms with Crippen LogP contribution in [-0.2, 0) is 28.4 Å². The zero-order chi connectivity index (χ0) is 27.9. The van der Waals surface area contributed by atoms with Crippen LogP contribution in [0.15, 0.2) is 65.7 Å². The minimum atomic E-state index is -0.175. The average Bonchev–Trinajstić information content (AvgIpc) is 3.69. The summed E-state index contributed by atoms with van der Waals surface area (Å²) in [7, 11) is 1.92. The van der Waals surface area contributed by atoms with Crippen LogP contribution in [0.25, 0.3) is 27.8 Å². The molecule has 0 unspecified atom stereocenters. The van der Waals surface area contributed by atoms with Gasteiger partial charge in [-0.2, -0.15) is 10.2 Å². The van der Waals surface area contributed by atoms with Gasteiger partial charge in [-0.1, -0.05) is 50.2 Å². The molecule has 0 saturated carbocycles. The second-order valence-electron chi connectivity index (χ2n) is 11.2. The fraction of sp³-hybridized carbons (Fsp3) is 0.333. The predicted octanol–water partition coefficient (Wildman–Crippen LogP) is 4.71. The molecule has 1 aromatic carbocycles. The molecule has 40 heavy (non-hydrogen) atoms. The Hall–Kier alpha value is -4.44. The van der Waals surface area contributed by atoms with Gasteiger partial charge in [-0.05, 0) is 17.2 Å². The quantitative estimate of drug-likeness (QED) is 0.334. The summed E-state index contributed by atoms with van der Waals surface area (Å²) in [6.07, 6.45) is 8.07. The number of carbonyl (C=O) groups excluding carboxylic acids is 1. The van der Waals surface area contributed by atoms with Crippen molar-refractivity contribution in [1.82, 2.24) is 24.6 Å². The molecule has 10 heteroatoms. The van der Waals surface area contributed by atoms with Crippen LogP contribution in [0.3, 0.4) is 0 Å². The van der Waals surface area contributed by atoms with Crippen molar-refractivity contribution in [2.45, 2.75) is 32.6 Å². The molecule has 1 N–H and O–H groups in total. The van der Waals surface area contributed by atoms with Gasteiger partial charge in [-0.25, -0.2) is 4.52 Å². The topological polar surface area (TPSA) is 103 Å². The molecule has 0 aliphatic carbocycles. The molecule has 1 aliphatic rings. The first-order valence-electron chi connectivity index (χ1n) is 13.4. The van der Waals surface area contributed by atoms with Crippen LogP contribution in [0.5, 0.6) is 0 Å². The van der Waals surface area contributed by atoms with Crippen LogP contribution < -0.4 is 10.2 Å². The van der Waals surface area contributed by atoms with E-state index in [1.54, 1.807) is 10.7 Å². The fourth-order valence-corrected chi connectivity index (χ4v) is 4.95. The lowest BCUT2D eigenvalue weighted by molar-refractivity contribution is -0.115. The summed E-state index contributed by atoms with van der Waals surface area (Å²) in [5, 5.41) is 15.9. The molecule has 0 bridgehead atoms. The second-order valence-corrected chi connectivity index (χ2v) is 11.2. The number of hydrogen-bond acceptors (Lipinski definition) is 7. The van der Waals surface area contributed by atoms with Crippen molar-refractivity contribution in [1.29, 1.82) is 0 Å². The fourth-order valence-electron chi connectivity index (χ4n) is 4.95. The highest BCUT2D eigenvalue weighted by Crippen LogP contribution is 2.36. The van der Waals surface area contributed by atoms with Crippen molar-refractivity contribution in [2.24, 2.45) is 7.05 Å². The third kappa shape index (κ3) is 5.22. The number of morpholine rings is 1. The number of hydrogen-bond donors (Lipinski definition) is 1. The SMILES string of the molecule is Cn1cc(-c2cc(N3CCOCC3)c3c(-c4ccc(CC(=O)Nc5cc(C(C)(C)C)on5)cc4)cnn3c2)cn1. The number of aromatic nitrogens is 5. The number of nitrogens with one attached hydrogen (secondary N) is 1. The Morgan fingerprint density at radius 3 is 2.42 bits per heavy atom. The van der Waals surface area contributed by atoms with Crippen LogP contribution >= 0.6 is 0 Å². The van der Waals surface area contributed by atoms with E-state index in [1.807, 2.05) is 81.4 Å². The zero-order valence-electron chi connectivity index (χ0n) is 23.2. The van der Waals surface area contributed by atoms with Crippen molar-refractivity contribution < 1.29 is 14.1 Å². The number of rotatable bonds is 6. The molecule has 0 radical (unpaired) electrons. The molecule has 10 nitrogen and oxygen atoms in total. The number of carbonyl (C=O) groups is 1. The van der Waals surface area contributed by atoms with E-state index in [0.717, 1.165) is 57.9 Å². The van der Waals surface area contributed by atoms with Crippen molar-refractivity contribution >= 4 is 22.9 Å². The summed E-state index contributed by atoms with van der Waals surface area (Å²) >= 11 is 0. The summed E-state index contributed by atoms with van der Waals surface area (Å²) in [5.74, 6) is 1.01. The van der Waals surface area contributed by atoms with E-state index in [2.05, 4.69) is 26.5 Å². The minimum absolute atomic E-state index is 0.143. The lowest BCUT2D eigenvalue weighted by Gasteiger charge is -2.30. The first kappa shape index (κ1) is 25.8. The maximum atomic E-state index is 12.7.